The van der Waals surface area contributed by atoms with E-state index in [0.29, 0.717) is 5.92 Å². The summed E-state index contributed by atoms with van der Waals surface area (Å²) in [6.45, 7) is 2.20. The minimum Gasteiger partial charge on any atom is -0.206 e. The van der Waals surface area contributed by atoms with Crippen LogP contribution in [-0.4, -0.2) is 6.18 Å². The van der Waals surface area contributed by atoms with E-state index in [-0.39, 0.29) is 11.6 Å². The minimum absolute atomic E-state index is 0.0114. The topological polar surface area (TPSA) is 0 Å². The molecule has 1 aliphatic rings. The molecule has 0 spiro atoms. The highest BCUT2D eigenvalue weighted by atomic mass is 19.4. The van der Waals surface area contributed by atoms with Crippen LogP contribution >= 0.6 is 0 Å². The maximum Gasteiger partial charge on any atom is 0.409 e. The molecule has 1 saturated carbocycles. The molecule has 0 heterocycles. The number of rotatable bonds is 5. The number of hydrogen-bond acceptors (Lipinski definition) is 0. The van der Waals surface area contributed by atoms with E-state index in [1.165, 1.54) is 44.2 Å². The molecule has 0 atom stereocenters. The Morgan fingerprint density at radius 1 is 1.13 bits per heavy atom. The summed E-state index contributed by atoms with van der Waals surface area (Å²) in [6.07, 6.45) is 4.65. The highest BCUT2D eigenvalue weighted by molar-refractivity contribution is 5.51. The van der Waals surface area contributed by atoms with E-state index >= 15 is 0 Å². The summed E-state index contributed by atoms with van der Waals surface area (Å²) in [5, 5.41) is 0. The Kier molecular flexibility index (Phi) is 6.25. The Balaban J connectivity index is 1.97. The molecule has 0 aliphatic heterocycles. The van der Waals surface area contributed by atoms with Crippen LogP contribution in [-0.2, 0) is 0 Å². The lowest BCUT2D eigenvalue weighted by atomic mass is 9.77. The van der Waals surface area contributed by atoms with Crippen LogP contribution in [0, 0.1) is 11.7 Å². The van der Waals surface area contributed by atoms with Crippen LogP contribution in [0.1, 0.15) is 68.9 Å². The summed E-state index contributed by atoms with van der Waals surface area (Å²) in [5.41, 5.74) is 0.906. The van der Waals surface area contributed by atoms with Crippen molar-refractivity contribution in [3.63, 3.8) is 0 Å². The molecule has 0 saturated heterocycles. The van der Waals surface area contributed by atoms with Gasteiger partial charge < -0.3 is 0 Å². The van der Waals surface area contributed by atoms with E-state index in [4.69, 9.17) is 0 Å². The van der Waals surface area contributed by atoms with Gasteiger partial charge in [0.1, 0.15) is 5.82 Å². The molecule has 128 valence electrons. The van der Waals surface area contributed by atoms with Crippen LogP contribution in [0.5, 0.6) is 0 Å². The van der Waals surface area contributed by atoms with Crippen molar-refractivity contribution in [3.05, 3.63) is 41.2 Å². The maximum atomic E-state index is 14.0. The van der Waals surface area contributed by atoms with E-state index in [1.54, 1.807) is 6.07 Å². The average molecular weight is 328 g/mol. The highest BCUT2D eigenvalue weighted by Gasteiger charge is 2.24. The van der Waals surface area contributed by atoms with Crippen LogP contribution in [0.2, 0.25) is 0 Å². The number of benzene rings is 1. The Hall–Kier alpha value is -1.32. The second kappa shape index (κ2) is 7.98. The number of alkyl halides is 3. The molecule has 1 aromatic carbocycles. The van der Waals surface area contributed by atoms with Gasteiger partial charge in [-0.1, -0.05) is 38.3 Å². The molecule has 0 radical (unpaired) electrons. The first kappa shape index (κ1) is 18.0. The minimum atomic E-state index is -4.41. The molecule has 0 aromatic heterocycles. The Labute approximate surface area is 135 Å². The fourth-order valence-electron chi connectivity index (χ4n) is 3.39. The van der Waals surface area contributed by atoms with Gasteiger partial charge in [0, 0.05) is 11.6 Å². The number of hydrogen-bond donors (Lipinski definition) is 0. The second-order valence-electron chi connectivity index (χ2n) is 6.52. The van der Waals surface area contributed by atoms with Crippen LogP contribution in [0.3, 0.4) is 0 Å². The molecule has 1 aromatic rings. The predicted octanol–water partition coefficient (Wildman–Crippen LogP) is 6.87. The fourth-order valence-corrected chi connectivity index (χ4v) is 3.39. The summed E-state index contributed by atoms with van der Waals surface area (Å²) in [5.74, 6) is 0.546. The molecule has 0 nitrogen and oxygen atoms in total. The zero-order valence-corrected chi connectivity index (χ0v) is 13.5. The van der Waals surface area contributed by atoms with Gasteiger partial charge in [-0.2, -0.15) is 13.2 Å². The van der Waals surface area contributed by atoms with Crippen molar-refractivity contribution in [2.24, 2.45) is 5.92 Å². The molecule has 0 unspecified atom stereocenters. The lowest BCUT2D eigenvalue weighted by molar-refractivity contribution is -0.0790. The monoisotopic (exact) mass is 328 g/mol. The highest BCUT2D eigenvalue weighted by Crippen LogP contribution is 2.38. The molecule has 4 heteroatoms. The summed E-state index contributed by atoms with van der Waals surface area (Å²) in [4.78, 5) is 0. The molecular formula is C19H24F4. The Bertz CT molecular complexity index is 523. The van der Waals surface area contributed by atoms with Crippen molar-refractivity contribution in [2.75, 3.05) is 0 Å². The zero-order valence-electron chi connectivity index (χ0n) is 13.5. The fraction of sp³-hybridized carbons (Fsp3) is 0.579. The normalized spacial score (nSPS) is 22.7. The summed E-state index contributed by atoms with van der Waals surface area (Å²) >= 11 is 0. The van der Waals surface area contributed by atoms with Crippen molar-refractivity contribution in [1.29, 1.82) is 0 Å². The lowest BCUT2D eigenvalue weighted by Gasteiger charge is -2.29. The van der Waals surface area contributed by atoms with Gasteiger partial charge in [0.05, 0.1) is 0 Å². The molecule has 1 fully saturated rings. The smallest absolute Gasteiger partial charge is 0.206 e. The van der Waals surface area contributed by atoms with Gasteiger partial charge in [-0.05, 0) is 55.2 Å². The maximum absolute atomic E-state index is 14.0. The third-order valence-corrected chi connectivity index (χ3v) is 4.76. The van der Waals surface area contributed by atoms with E-state index in [1.807, 2.05) is 0 Å². The van der Waals surface area contributed by atoms with Gasteiger partial charge in [0.2, 0.25) is 0 Å². The molecule has 0 N–H and O–H groups in total. The quantitative estimate of drug-likeness (QED) is 0.518. The molecule has 1 aliphatic carbocycles. The Morgan fingerprint density at radius 2 is 1.83 bits per heavy atom. The molecule has 2 rings (SSSR count). The van der Waals surface area contributed by atoms with E-state index in [2.05, 4.69) is 6.92 Å². The van der Waals surface area contributed by atoms with Gasteiger partial charge >= 0.3 is 6.18 Å². The first-order valence-corrected chi connectivity index (χ1v) is 8.44. The average Bonchev–Trinajstić information content (AvgIpc) is 2.51. The van der Waals surface area contributed by atoms with Crippen molar-refractivity contribution in [2.45, 2.75) is 64.0 Å². The third-order valence-electron chi connectivity index (χ3n) is 4.76. The van der Waals surface area contributed by atoms with Crippen LogP contribution in [0.4, 0.5) is 17.6 Å². The Morgan fingerprint density at radius 3 is 2.39 bits per heavy atom. The van der Waals surface area contributed by atoms with E-state index in [9.17, 15) is 17.6 Å². The van der Waals surface area contributed by atoms with Gasteiger partial charge in [-0.15, -0.1) is 0 Å². The molecule has 0 bridgehead atoms. The van der Waals surface area contributed by atoms with Crippen LogP contribution in [0.15, 0.2) is 24.3 Å². The van der Waals surface area contributed by atoms with Crippen LogP contribution in [0.25, 0.3) is 6.08 Å². The first-order chi connectivity index (χ1) is 10.9. The van der Waals surface area contributed by atoms with Crippen LogP contribution < -0.4 is 0 Å². The largest absolute Gasteiger partial charge is 0.409 e. The van der Waals surface area contributed by atoms with E-state index < -0.39 is 12.0 Å². The summed E-state index contributed by atoms with van der Waals surface area (Å²) in [7, 11) is 0. The van der Waals surface area contributed by atoms with Crippen molar-refractivity contribution in [3.8, 4) is 0 Å². The first-order valence-electron chi connectivity index (χ1n) is 8.44. The second-order valence-corrected chi connectivity index (χ2v) is 6.52. The lowest BCUT2D eigenvalue weighted by Crippen LogP contribution is -2.13. The van der Waals surface area contributed by atoms with Crippen molar-refractivity contribution in [1.82, 2.24) is 0 Å². The van der Waals surface area contributed by atoms with E-state index in [0.717, 1.165) is 30.4 Å². The molecular weight excluding hydrogens is 304 g/mol. The van der Waals surface area contributed by atoms with Gasteiger partial charge in [-0.3, -0.25) is 0 Å². The summed E-state index contributed by atoms with van der Waals surface area (Å²) in [6, 6.07) is 4.64. The number of halogens is 4. The standard InChI is InChI=1S/C19H24F4/c1-2-3-4-14-5-7-15(8-6-14)17-10-9-16(18(20)13-17)11-12-19(21,22)23/h9-15H,2-8H2,1H3. The van der Waals surface area contributed by atoms with Gasteiger partial charge in [0.15, 0.2) is 0 Å². The predicted molar refractivity (Wildman–Crippen MR) is 85.7 cm³/mol. The molecule has 0 amide bonds. The summed E-state index contributed by atoms with van der Waals surface area (Å²) < 4.78 is 50.5. The number of allylic oxidation sites excluding steroid dienone is 1. The zero-order chi connectivity index (χ0) is 16.9. The van der Waals surface area contributed by atoms with Crippen molar-refractivity contribution < 1.29 is 17.6 Å². The van der Waals surface area contributed by atoms with Gasteiger partial charge in [-0.25, -0.2) is 4.39 Å². The molecule has 23 heavy (non-hydrogen) atoms. The van der Waals surface area contributed by atoms with Crippen molar-refractivity contribution >= 4 is 6.08 Å². The van der Waals surface area contributed by atoms with Gasteiger partial charge in [0.25, 0.3) is 0 Å². The number of unbranched alkanes of at least 4 members (excludes halogenated alkanes) is 1. The SMILES string of the molecule is CCCCC1CCC(c2ccc(C=CC(F)(F)F)c(F)c2)CC1. The third kappa shape index (κ3) is 5.67.